The fraction of sp³-hybridized carbons (Fsp3) is 0.818. The molecule has 0 amide bonds. The number of hydrogen-bond acceptors (Lipinski definition) is 4. The Morgan fingerprint density at radius 3 is 2.73 bits per heavy atom. The fourth-order valence-corrected chi connectivity index (χ4v) is 7.84. The summed E-state index contributed by atoms with van der Waals surface area (Å²) in [5.41, 5.74) is 0.938. The van der Waals surface area contributed by atoms with Crippen LogP contribution in [0.25, 0.3) is 0 Å². The molecule has 0 aromatic rings. The van der Waals surface area contributed by atoms with E-state index in [4.69, 9.17) is 0 Å². The topological polar surface area (TPSA) is 74.6 Å². The van der Waals surface area contributed by atoms with Crippen LogP contribution in [0.3, 0.4) is 0 Å². The van der Waals surface area contributed by atoms with Gasteiger partial charge in [0.05, 0.1) is 6.10 Å². The third kappa shape index (κ3) is 2.34. The van der Waals surface area contributed by atoms with Gasteiger partial charge in [-0.15, -0.1) is 0 Å². The lowest BCUT2D eigenvalue weighted by Crippen LogP contribution is -2.57. The van der Waals surface area contributed by atoms with Crippen molar-refractivity contribution < 1.29 is 19.8 Å². The quantitative estimate of drug-likeness (QED) is 0.794. The number of Topliss-reactive ketones (excluding diaryl/α,β-unsaturated/α-hetero) is 1. The second-order valence-electron chi connectivity index (χ2n) is 9.98. The predicted octanol–water partition coefficient (Wildman–Crippen LogP) is 2.91. The summed E-state index contributed by atoms with van der Waals surface area (Å²) in [7, 11) is 0. The van der Waals surface area contributed by atoms with Gasteiger partial charge in [0.1, 0.15) is 6.61 Å². The van der Waals surface area contributed by atoms with Gasteiger partial charge in [-0.25, -0.2) is 0 Å². The Morgan fingerprint density at radius 1 is 1.31 bits per heavy atom. The van der Waals surface area contributed by atoms with E-state index in [1.54, 1.807) is 0 Å². The van der Waals surface area contributed by atoms with E-state index in [2.05, 4.69) is 20.8 Å². The molecule has 2 N–H and O–H groups in total. The van der Waals surface area contributed by atoms with Crippen LogP contribution in [-0.4, -0.2) is 34.5 Å². The molecule has 0 spiro atoms. The highest BCUT2D eigenvalue weighted by atomic mass is 16.3. The zero-order valence-electron chi connectivity index (χ0n) is 16.2. The molecule has 4 heteroatoms. The summed E-state index contributed by atoms with van der Waals surface area (Å²) in [6, 6.07) is 0. The molecule has 4 aliphatic carbocycles. The van der Waals surface area contributed by atoms with Crippen molar-refractivity contribution in [2.75, 3.05) is 6.61 Å². The van der Waals surface area contributed by atoms with Gasteiger partial charge in [0.25, 0.3) is 0 Å². The van der Waals surface area contributed by atoms with Gasteiger partial charge in [-0.05, 0) is 72.7 Å². The molecular formula is C22H32O4. The molecule has 0 aromatic carbocycles. The van der Waals surface area contributed by atoms with Gasteiger partial charge < -0.3 is 10.2 Å². The normalized spacial score (nSPS) is 50.5. The Labute approximate surface area is 156 Å². The highest BCUT2D eigenvalue weighted by molar-refractivity contribution is 5.91. The van der Waals surface area contributed by atoms with E-state index in [0.717, 1.165) is 25.7 Å². The third-order valence-electron chi connectivity index (χ3n) is 8.74. The zero-order valence-corrected chi connectivity index (χ0v) is 16.2. The zero-order chi connectivity index (χ0) is 18.9. The Kier molecular flexibility index (Phi) is 4.24. The standard InChI is InChI=1S/C22H32O4/c1-12-8-16-15-5-4-13-9-14(24)6-7-21(13,2)20(15)17(25)10-22(16,3)19(12)18(26)11-23/h9,12,15-17,19-20,23,25H,4-8,10-11H2,1-3H3/t12?,15-,16-,17?,19+,20+,21-,22-/m0/s1. The van der Waals surface area contributed by atoms with Crippen molar-refractivity contribution in [2.45, 2.75) is 65.4 Å². The summed E-state index contributed by atoms with van der Waals surface area (Å²) in [5, 5.41) is 20.7. The fourth-order valence-electron chi connectivity index (χ4n) is 7.84. The monoisotopic (exact) mass is 360 g/mol. The van der Waals surface area contributed by atoms with Gasteiger partial charge in [-0.2, -0.15) is 0 Å². The molecule has 8 atom stereocenters. The van der Waals surface area contributed by atoms with E-state index >= 15 is 0 Å². The first kappa shape index (κ1) is 18.4. The molecule has 0 saturated heterocycles. The van der Waals surface area contributed by atoms with Crippen LogP contribution in [-0.2, 0) is 9.59 Å². The van der Waals surface area contributed by atoms with Crippen molar-refractivity contribution in [1.29, 1.82) is 0 Å². The van der Waals surface area contributed by atoms with Gasteiger partial charge in [0.2, 0.25) is 0 Å². The first-order valence-corrected chi connectivity index (χ1v) is 10.3. The Hall–Kier alpha value is -1.00. The summed E-state index contributed by atoms with van der Waals surface area (Å²) >= 11 is 0. The second kappa shape index (κ2) is 6.00. The number of carbonyl (C=O) groups excluding carboxylic acids is 2. The number of carbonyl (C=O) groups is 2. The van der Waals surface area contributed by atoms with Gasteiger partial charge in [0, 0.05) is 12.3 Å². The van der Waals surface area contributed by atoms with Crippen molar-refractivity contribution in [3.63, 3.8) is 0 Å². The first-order chi connectivity index (χ1) is 12.2. The number of aliphatic hydroxyl groups excluding tert-OH is 2. The summed E-state index contributed by atoms with van der Waals surface area (Å²) in [5.74, 6) is 1.29. The van der Waals surface area contributed by atoms with Crippen molar-refractivity contribution >= 4 is 11.6 Å². The first-order valence-electron chi connectivity index (χ1n) is 10.3. The maximum Gasteiger partial charge on any atom is 0.162 e. The van der Waals surface area contributed by atoms with Crippen molar-refractivity contribution in [1.82, 2.24) is 0 Å². The number of fused-ring (bicyclic) bond motifs is 5. The van der Waals surface area contributed by atoms with Crippen LogP contribution in [0.1, 0.15) is 59.3 Å². The van der Waals surface area contributed by atoms with Crippen LogP contribution in [0.5, 0.6) is 0 Å². The van der Waals surface area contributed by atoms with E-state index in [0.29, 0.717) is 24.7 Å². The average molecular weight is 360 g/mol. The average Bonchev–Trinajstić information content (AvgIpc) is 2.84. The molecule has 144 valence electrons. The molecule has 0 heterocycles. The van der Waals surface area contributed by atoms with Gasteiger partial charge in [0.15, 0.2) is 11.6 Å². The molecule has 0 bridgehead atoms. The molecule has 26 heavy (non-hydrogen) atoms. The second-order valence-corrected chi connectivity index (χ2v) is 9.98. The molecule has 3 saturated carbocycles. The minimum absolute atomic E-state index is 0.0565. The highest BCUT2D eigenvalue weighted by Gasteiger charge is 2.64. The molecule has 0 radical (unpaired) electrons. The number of allylic oxidation sites excluding steroid dienone is 1. The molecule has 3 fully saturated rings. The highest BCUT2D eigenvalue weighted by Crippen LogP contribution is 2.67. The molecular weight excluding hydrogens is 328 g/mol. The largest absolute Gasteiger partial charge is 0.393 e. The van der Waals surface area contributed by atoms with Crippen LogP contribution in [0.15, 0.2) is 11.6 Å². The van der Waals surface area contributed by atoms with Crippen molar-refractivity contribution in [3.8, 4) is 0 Å². The minimum Gasteiger partial charge on any atom is -0.393 e. The summed E-state index contributed by atoms with van der Waals surface area (Å²) < 4.78 is 0. The Morgan fingerprint density at radius 2 is 2.04 bits per heavy atom. The molecule has 4 rings (SSSR count). The Bertz CT molecular complexity index is 667. The maximum atomic E-state index is 12.5. The van der Waals surface area contributed by atoms with Gasteiger partial charge in [-0.1, -0.05) is 26.3 Å². The van der Waals surface area contributed by atoms with E-state index in [9.17, 15) is 19.8 Å². The number of hydrogen-bond donors (Lipinski definition) is 2. The van der Waals surface area contributed by atoms with Crippen LogP contribution in [0.4, 0.5) is 0 Å². The van der Waals surface area contributed by atoms with Crippen LogP contribution in [0.2, 0.25) is 0 Å². The third-order valence-corrected chi connectivity index (χ3v) is 8.74. The van der Waals surface area contributed by atoms with Crippen molar-refractivity contribution in [3.05, 3.63) is 11.6 Å². The summed E-state index contributed by atoms with van der Waals surface area (Å²) in [6.07, 6.45) is 6.43. The van der Waals surface area contributed by atoms with E-state index in [1.807, 2.05) is 6.08 Å². The van der Waals surface area contributed by atoms with E-state index in [1.165, 1.54) is 5.57 Å². The molecule has 0 aromatic heterocycles. The summed E-state index contributed by atoms with van der Waals surface area (Å²) in [4.78, 5) is 24.4. The van der Waals surface area contributed by atoms with E-state index < -0.39 is 12.7 Å². The maximum absolute atomic E-state index is 12.5. The van der Waals surface area contributed by atoms with E-state index in [-0.39, 0.29) is 40.2 Å². The van der Waals surface area contributed by atoms with Crippen LogP contribution < -0.4 is 0 Å². The smallest absolute Gasteiger partial charge is 0.162 e. The molecule has 2 unspecified atom stereocenters. The SMILES string of the molecule is CC1C[C@H]2[C@@H]3CCC4=CC(=O)CC[C@]4(C)[C@H]3C(O)C[C@]2(C)[C@H]1C(=O)CO. The number of aliphatic hydroxyl groups is 2. The number of rotatable bonds is 2. The molecule has 0 aliphatic heterocycles. The van der Waals surface area contributed by atoms with Crippen molar-refractivity contribution in [2.24, 2.45) is 40.4 Å². The number of ketones is 2. The van der Waals surface area contributed by atoms with Crippen LogP contribution in [0, 0.1) is 40.4 Å². The van der Waals surface area contributed by atoms with Crippen LogP contribution >= 0.6 is 0 Å². The predicted molar refractivity (Wildman–Crippen MR) is 98.2 cm³/mol. The lowest BCUT2D eigenvalue weighted by atomic mass is 9.46. The summed E-state index contributed by atoms with van der Waals surface area (Å²) in [6.45, 7) is 6.17. The lowest BCUT2D eigenvalue weighted by Gasteiger charge is -2.59. The van der Waals surface area contributed by atoms with Gasteiger partial charge in [-0.3, -0.25) is 9.59 Å². The molecule has 4 nitrogen and oxygen atoms in total. The minimum atomic E-state index is -0.442. The Balaban J connectivity index is 1.73. The molecule has 4 aliphatic rings. The van der Waals surface area contributed by atoms with Gasteiger partial charge >= 0.3 is 0 Å². The lowest BCUT2D eigenvalue weighted by molar-refractivity contribution is -0.147.